The van der Waals surface area contributed by atoms with Crippen LogP contribution in [0.15, 0.2) is 0 Å². The highest BCUT2D eigenvalue weighted by atomic mass is 35.5. The van der Waals surface area contributed by atoms with E-state index in [4.69, 9.17) is 27.9 Å². The molecule has 4 aliphatic carbocycles. The minimum absolute atomic E-state index is 0.0191. The minimum Gasteiger partial charge on any atom is -0.450 e. The fourth-order valence-electron chi connectivity index (χ4n) is 8.59. The van der Waals surface area contributed by atoms with Crippen LogP contribution in [0.3, 0.4) is 0 Å². The second-order valence-corrected chi connectivity index (χ2v) is 12.2. The van der Waals surface area contributed by atoms with Crippen LogP contribution in [0.2, 0.25) is 0 Å². The summed E-state index contributed by atoms with van der Waals surface area (Å²) in [6.45, 7) is 7.83. The van der Waals surface area contributed by atoms with Gasteiger partial charge in [0, 0.05) is 30.6 Å². The van der Waals surface area contributed by atoms with E-state index < -0.39 is 28.0 Å². The van der Waals surface area contributed by atoms with Gasteiger partial charge in [0.05, 0.1) is 16.9 Å². The Morgan fingerprint density at radius 3 is 2.50 bits per heavy atom. The molecule has 7 heteroatoms. The van der Waals surface area contributed by atoms with Crippen molar-refractivity contribution in [2.75, 3.05) is 5.88 Å². The van der Waals surface area contributed by atoms with Crippen molar-refractivity contribution < 1.29 is 24.2 Å². The molecule has 5 nitrogen and oxygen atoms in total. The van der Waals surface area contributed by atoms with Crippen LogP contribution in [0.4, 0.5) is 0 Å². The Kier molecular flexibility index (Phi) is 6.08. The number of fused-ring (bicyclic) bond motifs is 5. The average Bonchev–Trinajstić information content (AvgIpc) is 2.96. The number of aliphatic hydroxyl groups is 1. The molecule has 4 rings (SSSR count). The summed E-state index contributed by atoms with van der Waals surface area (Å²) >= 11 is 13.6. The van der Waals surface area contributed by atoms with E-state index in [1.807, 2.05) is 13.8 Å². The summed E-state index contributed by atoms with van der Waals surface area (Å²) in [5.41, 5.74) is -2.46. The summed E-state index contributed by atoms with van der Waals surface area (Å²) in [5.74, 6) is -0.712. The molecular weight excluding hydrogens is 451 g/mol. The van der Waals surface area contributed by atoms with Gasteiger partial charge in [0.1, 0.15) is 5.78 Å². The third-order valence-electron chi connectivity index (χ3n) is 10.2. The summed E-state index contributed by atoms with van der Waals surface area (Å²) in [6, 6.07) is 0. The standard InChI is InChI=1S/C25H36Cl2O5/c1-5-21(31)32-25(20(30)13-26)14(2)10-18-17-7-6-15-11-16(28)8-9-22(15,3)24(17,27)19(29)12-23(18,25)4/h14-15,17-19,29H,5-13H2,1-4H3/t14-,15+,17-,18-,19-,22-,23-,24-,25-/m0/s1. The SMILES string of the molecule is CCC(=O)O[C@]1(C(=O)CCl)[C@@H](C)C[C@H]2[C@@H]3CC[C@@H]4CC(=O)CC[C@]4(C)[C@@]3(Cl)[C@@H](O)C[C@@]21C. The van der Waals surface area contributed by atoms with Crippen molar-refractivity contribution in [2.24, 2.45) is 34.5 Å². The molecular formula is C25H36Cl2O5. The lowest BCUT2D eigenvalue weighted by atomic mass is 9.43. The van der Waals surface area contributed by atoms with Crippen molar-refractivity contribution in [3.05, 3.63) is 0 Å². The molecule has 1 N–H and O–H groups in total. The van der Waals surface area contributed by atoms with Crippen LogP contribution >= 0.6 is 23.2 Å². The van der Waals surface area contributed by atoms with Gasteiger partial charge in [-0.15, -0.1) is 23.2 Å². The van der Waals surface area contributed by atoms with Gasteiger partial charge in [0.2, 0.25) is 0 Å². The molecule has 0 unspecified atom stereocenters. The number of ether oxygens (including phenoxy) is 1. The van der Waals surface area contributed by atoms with E-state index in [9.17, 15) is 19.5 Å². The van der Waals surface area contributed by atoms with E-state index in [-0.39, 0.29) is 59.4 Å². The monoisotopic (exact) mass is 486 g/mol. The van der Waals surface area contributed by atoms with Crippen LogP contribution in [0.25, 0.3) is 0 Å². The molecule has 180 valence electrons. The summed E-state index contributed by atoms with van der Waals surface area (Å²) in [5, 5.41) is 11.7. The third-order valence-corrected chi connectivity index (χ3v) is 11.4. The zero-order valence-corrected chi connectivity index (χ0v) is 21.1. The molecule has 9 atom stereocenters. The first-order valence-electron chi connectivity index (χ1n) is 12.1. The van der Waals surface area contributed by atoms with Crippen molar-refractivity contribution in [1.29, 1.82) is 0 Å². The zero-order valence-electron chi connectivity index (χ0n) is 19.6. The van der Waals surface area contributed by atoms with Crippen LogP contribution in [-0.4, -0.2) is 45.1 Å². The lowest BCUT2D eigenvalue weighted by Gasteiger charge is -2.66. The Hall–Kier alpha value is -0.650. The molecule has 32 heavy (non-hydrogen) atoms. The summed E-state index contributed by atoms with van der Waals surface area (Å²) in [7, 11) is 0. The Balaban J connectivity index is 1.81. The van der Waals surface area contributed by atoms with Crippen molar-refractivity contribution in [3.8, 4) is 0 Å². The number of ketones is 2. The Morgan fingerprint density at radius 2 is 1.88 bits per heavy atom. The molecule has 0 aliphatic heterocycles. The van der Waals surface area contributed by atoms with Gasteiger partial charge < -0.3 is 9.84 Å². The Bertz CT molecular complexity index is 831. The summed E-state index contributed by atoms with van der Waals surface area (Å²) in [4.78, 5) is 37.2. The largest absolute Gasteiger partial charge is 0.450 e. The Labute approximate surface area is 200 Å². The fraction of sp³-hybridized carbons (Fsp3) is 0.880. The highest BCUT2D eigenvalue weighted by Crippen LogP contribution is 2.73. The second-order valence-electron chi connectivity index (χ2n) is 11.3. The molecule has 0 aromatic rings. The smallest absolute Gasteiger partial charge is 0.306 e. The van der Waals surface area contributed by atoms with Crippen LogP contribution in [0.5, 0.6) is 0 Å². The quantitative estimate of drug-likeness (QED) is 0.460. The van der Waals surface area contributed by atoms with Crippen LogP contribution in [0.1, 0.15) is 79.1 Å². The number of carbonyl (C=O) groups excluding carboxylic acids is 3. The maximum absolute atomic E-state index is 13.4. The first-order chi connectivity index (χ1) is 14.9. The zero-order chi connectivity index (χ0) is 23.7. The normalized spacial score (nSPS) is 50.2. The molecule has 0 aromatic carbocycles. The molecule has 0 spiro atoms. The minimum atomic E-state index is -1.36. The fourth-order valence-corrected chi connectivity index (χ4v) is 9.38. The highest BCUT2D eigenvalue weighted by molar-refractivity contribution is 6.29. The van der Waals surface area contributed by atoms with Crippen LogP contribution in [0, 0.1) is 34.5 Å². The summed E-state index contributed by atoms with van der Waals surface area (Å²) in [6.07, 6.45) is 3.68. The molecule has 4 saturated carbocycles. The molecule has 4 aliphatic rings. The number of carbonyl (C=O) groups is 3. The number of halogens is 2. The van der Waals surface area contributed by atoms with Crippen molar-refractivity contribution >= 4 is 40.7 Å². The van der Waals surface area contributed by atoms with E-state index >= 15 is 0 Å². The summed E-state index contributed by atoms with van der Waals surface area (Å²) < 4.78 is 6.02. The van der Waals surface area contributed by atoms with E-state index in [1.54, 1.807) is 6.92 Å². The second kappa shape index (κ2) is 7.95. The van der Waals surface area contributed by atoms with Gasteiger partial charge in [0.15, 0.2) is 11.4 Å². The number of esters is 1. The number of alkyl halides is 2. The van der Waals surface area contributed by atoms with E-state index in [0.717, 1.165) is 12.8 Å². The lowest BCUT2D eigenvalue weighted by molar-refractivity contribution is -0.207. The van der Waals surface area contributed by atoms with Crippen LogP contribution in [-0.2, 0) is 19.1 Å². The molecule has 0 amide bonds. The molecule has 0 saturated heterocycles. The predicted octanol–water partition coefficient (Wildman–Crippen LogP) is 4.68. The number of Topliss-reactive ketones (excluding diaryl/α,β-unsaturated/α-hetero) is 2. The average molecular weight is 487 g/mol. The van der Waals surface area contributed by atoms with Gasteiger partial charge in [-0.3, -0.25) is 14.4 Å². The first kappa shape index (κ1) is 24.5. The molecule has 0 heterocycles. The van der Waals surface area contributed by atoms with Gasteiger partial charge >= 0.3 is 5.97 Å². The van der Waals surface area contributed by atoms with Crippen molar-refractivity contribution in [3.63, 3.8) is 0 Å². The van der Waals surface area contributed by atoms with Crippen LogP contribution < -0.4 is 0 Å². The molecule has 0 bridgehead atoms. The maximum atomic E-state index is 13.4. The van der Waals surface area contributed by atoms with Gasteiger partial charge in [0.25, 0.3) is 0 Å². The Morgan fingerprint density at radius 1 is 1.19 bits per heavy atom. The lowest BCUT2D eigenvalue weighted by Crippen LogP contribution is -2.71. The van der Waals surface area contributed by atoms with Gasteiger partial charge in [-0.25, -0.2) is 0 Å². The first-order valence-corrected chi connectivity index (χ1v) is 13.0. The number of aliphatic hydroxyl groups excluding tert-OH is 1. The van der Waals surface area contributed by atoms with Gasteiger partial charge in [-0.2, -0.15) is 0 Å². The molecule has 0 aromatic heterocycles. The van der Waals surface area contributed by atoms with E-state index in [2.05, 4.69) is 6.92 Å². The molecule has 0 radical (unpaired) electrons. The van der Waals surface area contributed by atoms with Crippen molar-refractivity contribution in [1.82, 2.24) is 0 Å². The number of rotatable bonds is 4. The maximum Gasteiger partial charge on any atom is 0.306 e. The number of hydrogen-bond donors (Lipinski definition) is 1. The number of hydrogen-bond acceptors (Lipinski definition) is 5. The predicted molar refractivity (Wildman–Crippen MR) is 123 cm³/mol. The topological polar surface area (TPSA) is 80.7 Å². The van der Waals surface area contributed by atoms with E-state index in [1.165, 1.54) is 0 Å². The van der Waals surface area contributed by atoms with Gasteiger partial charge in [-0.05, 0) is 55.3 Å². The molecule has 4 fully saturated rings. The van der Waals surface area contributed by atoms with Crippen molar-refractivity contribution in [2.45, 2.75) is 95.6 Å². The third kappa shape index (κ3) is 2.89. The van der Waals surface area contributed by atoms with Gasteiger partial charge in [-0.1, -0.05) is 27.7 Å². The highest BCUT2D eigenvalue weighted by Gasteiger charge is 2.76. The van der Waals surface area contributed by atoms with E-state index in [0.29, 0.717) is 25.7 Å².